The number of nitrogens with one attached hydrogen (secondary N) is 1. The summed E-state index contributed by atoms with van der Waals surface area (Å²) >= 11 is 5.93. The summed E-state index contributed by atoms with van der Waals surface area (Å²) < 4.78 is 6.35. The molecule has 3 rings (SSSR count). The molecule has 168 valence electrons. The average molecular weight is 457 g/mol. The van der Waals surface area contributed by atoms with Gasteiger partial charge in [-0.3, -0.25) is 19.1 Å². The third-order valence-electron chi connectivity index (χ3n) is 4.97. The summed E-state index contributed by atoms with van der Waals surface area (Å²) in [4.78, 5) is 42.1. The number of anilines is 2. The van der Waals surface area contributed by atoms with Crippen molar-refractivity contribution in [2.75, 3.05) is 30.9 Å². The van der Waals surface area contributed by atoms with Gasteiger partial charge in [-0.2, -0.15) is 0 Å². The van der Waals surface area contributed by atoms with Crippen molar-refractivity contribution in [3.8, 4) is 0 Å². The van der Waals surface area contributed by atoms with E-state index in [1.807, 2.05) is 30.3 Å². The minimum absolute atomic E-state index is 0.0425. The second-order valence-corrected chi connectivity index (χ2v) is 7.70. The first-order valence-electron chi connectivity index (χ1n) is 10.1. The molecular weight excluding hydrogens is 432 g/mol. The number of nitrogens with two attached hydrogens (primary N) is 1. The Kier molecular flexibility index (Phi) is 7.86. The largest absolute Gasteiger partial charge is 0.385 e. The normalized spacial score (nSPS) is 10.8. The molecule has 1 amide bonds. The molecule has 3 aromatic rings. The zero-order chi connectivity index (χ0) is 23.1. The van der Waals surface area contributed by atoms with Crippen LogP contribution in [0.25, 0.3) is 0 Å². The molecule has 0 aliphatic heterocycles. The second kappa shape index (κ2) is 10.8. The lowest BCUT2D eigenvalue weighted by atomic mass is 10.1. The molecule has 0 aliphatic rings. The molecule has 1 heterocycles. The molecule has 0 fully saturated rings. The van der Waals surface area contributed by atoms with Crippen LogP contribution < -0.4 is 21.9 Å². The number of hydrogen-bond donors (Lipinski definition) is 2. The van der Waals surface area contributed by atoms with E-state index in [2.05, 4.69) is 4.98 Å². The lowest BCUT2D eigenvalue weighted by molar-refractivity contribution is -0.118. The molecule has 2 aromatic carbocycles. The van der Waals surface area contributed by atoms with Crippen LogP contribution in [-0.4, -0.2) is 35.7 Å². The van der Waals surface area contributed by atoms with Crippen LogP contribution in [0.15, 0.2) is 64.2 Å². The number of methoxy groups -OCH3 is 1. The van der Waals surface area contributed by atoms with Gasteiger partial charge in [-0.25, -0.2) is 4.79 Å². The fourth-order valence-electron chi connectivity index (χ4n) is 3.36. The highest BCUT2D eigenvalue weighted by atomic mass is 35.5. The van der Waals surface area contributed by atoms with Crippen LogP contribution in [0.3, 0.4) is 0 Å². The molecule has 0 saturated heterocycles. The van der Waals surface area contributed by atoms with Crippen LogP contribution in [0.2, 0.25) is 5.02 Å². The highest BCUT2D eigenvalue weighted by Gasteiger charge is 2.24. The van der Waals surface area contributed by atoms with Gasteiger partial charge in [0, 0.05) is 25.3 Å². The minimum Gasteiger partial charge on any atom is -0.385 e. The molecule has 0 aliphatic carbocycles. The van der Waals surface area contributed by atoms with E-state index in [4.69, 9.17) is 22.1 Å². The number of aromatic amines is 1. The molecule has 1 aromatic heterocycles. The SMILES string of the molecule is COCCCN(C(=O)Cc1ccc(Cl)cc1)c1c(N)n(Cc2ccccc2)c(=O)[nH]c1=O. The molecule has 3 N–H and O–H groups in total. The zero-order valence-electron chi connectivity index (χ0n) is 17.7. The summed E-state index contributed by atoms with van der Waals surface area (Å²) in [6.07, 6.45) is 0.528. The Morgan fingerprint density at radius 1 is 1.09 bits per heavy atom. The maximum Gasteiger partial charge on any atom is 0.330 e. The third-order valence-corrected chi connectivity index (χ3v) is 5.22. The number of benzene rings is 2. The number of nitrogen functional groups attached to an aromatic ring is 1. The molecule has 0 saturated carbocycles. The first-order chi connectivity index (χ1) is 15.4. The van der Waals surface area contributed by atoms with Gasteiger partial charge in [-0.05, 0) is 29.7 Å². The predicted octanol–water partition coefficient (Wildman–Crippen LogP) is 2.43. The molecule has 0 spiro atoms. The maximum atomic E-state index is 13.2. The summed E-state index contributed by atoms with van der Waals surface area (Å²) in [5.41, 5.74) is 6.47. The van der Waals surface area contributed by atoms with E-state index in [0.29, 0.717) is 18.1 Å². The van der Waals surface area contributed by atoms with Crippen molar-refractivity contribution >= 4 is 29.0 Å². The fourth-order valence-corrected chi connectivity index (χ4v) is 3.49. The number of aromatic nitrogens is 2. The van der Waals surface area contributed by atoms with Gasteiger partial charge in [0.2, 0.25) is 5.91 Å². The van der Waals surface area contributed by atoms with E-state index in [0.717, 1.165) is 11.1 Å². The van der Waals surface area contributed by atoms with Crippen molar-refractivity contribution in [1.82, 2.24) is 9.55 Å². The maximum absolute atomic E-state index is 13.2. The number of carbonyl (C=O) groups excluding carboxylic acids is 1. The van der Waals surface area contributed by atoms with Crippen LogP contribution in [0.1, 0.15) is 17.5 Å². The Morgan fingerprint density at radius 3 is 2.44 bits per heavy atom. The summed E-state index contributed by atoms with van der Waals surface area (Å²) in [6, 6.07) is 16.1. The highest BCUT2D eigenvalue weighted by molar-refractivity contribution is 6.30. The number of ether oxygens (including phenoxy) is 1. The fraction of sp³-hybridized carbons (Fsp3) is 0.261. The van der Waals surface area contributed by atoms with Gasteiger partial charge in [0.15, 0.2) is 5.69 Å². The summed E-state index contributed by atoms with van der Waals surface area (Å²) in [5, 5.41) is 0.562. The van der Waals surface area contributed by atoms with Crippen molar-refractivity contribution in [2.24, 2.45) is 0 Å². The Hall–Kier alpha value is -3.36. The molecule has 32 heavy (non-hydrogen) atoms. The number of amides is 1. The van der Waals surface area contributed by atoms with Gasteiger partial charge < -0.3 is 15.4 Å². The number of carbonyl (C=O) groups is 1. The summed E-state index contributed by atoms with van der Waals surface area (Å²) in [5.74, 6) is -0.394. The van der Waals surface area contributed by atoms with Crippen LogP contribution in [0.5, 0.6) is 0 Å². The van der Waals surface area contributed by atoms with Crippen molar-refractivity contribution in [2.45, 2.75) is 19.4 Å². The summed E-state index contributed by atoms with van der Waals surface area (Å²) in [7, 11) is 1.56. The van der Waals surface area contributed by atoms with E-state index in [1.54, 1.807) is 31.4 Å². The topological polar surface area (TPSA) is 110 Å². The van der Waals surface area contributed by atoms with Crippen molar-refractivity contribution < 1.29 is 9.53 Å². The van der Waals surface area contributed by atoms with Crippen molar-refractivity contribution in [3.63, 3.8) is 0 Å². The van der Waals surface area contributed by atoms with Crippen LogP contribution in [-0.2, 0) is 22.5 Å². The first kappa shape index (κ1) is 23.3. The lowest BCUT2D eigenvalue weighted by Gasteiger charge is -2.24. The lowest BCUT2D eigenvalue weighted by Crippen LogP contribution is -2.42. The second-order valence-electron chi connectivity index (χ2n) is 7.26. The van der Waals surface area contributed by atoms with E-state index >= 15 is 0 Å². The molecule has 0 unspecified atom stereocenters. The zero-order valence-corrected chi connectivity index (χ0v) is 18.5. The van der Waals surface area contributed by atoms with Gasteiger partial charge in [0.1, 0.15) is 5.82 Å². The van der Waals surface area contributed by atoms with E-state index in [-0.39, 0.29) is 36.9 Å². The predicted molar refractivity (Wildman–Crippen MR) is 125 cm³/mol. The smallest absolute Gasteiger partial charge is 0.330 e. The molecule has 8 nitrogen and oxygen atoms in total. The van der Waals surface area contributed by atoms with Gasteiger partial charge >= 0.3 is 5.69 Å². The highest BCUT2D eigenvalue weighted by Crippen LogP contribution is 2.20. The Morgan fingerprint density at radius 2 is 1.78 bits per heavy atom. The van der Waals surface area contributed by atoms with Gasteiger partial charge in [-0.1, -0.05) is 54.1 Å². The Balaban J connectivity index is 2.00. The minimum atomic E-state index is -0.710. The van der Waals surface area contributed by atoms with E-state index < -0.39 is 11.2 Å². The van der Waals surface area contributed by atoms with Crippen LogP contribution >= 0.6 is 11.6 Å². The number of rotatable bonds is 9. The molecule has 0 atom stereocenters. The Labute approximate surface area is 190 Å². The van der Waals surface area contributed by atoms with Crippen molar-refractivity contribution in [1.29, 1.82) is 0 Å². The van der Waals surface area contributed by atoms with Gasteiger partial charge in [0.05, 0.1) is 13.0 Å². The molecular formula is C23H25ClN4O4. The number of H-pyrrole nitrogens is 1. The van der Waals surface area contributed by atoms with Gasteiger partial charge in [0.25, 0.3) is 5.56 Å². The standard InChI is InChI=1S/C23H25ClN4O4/c1-32-13-5-12-27(19(29)14-16-8-10-18(24)11-9-16)20-21(25)28(23(31)26-22(20)30)15-17-6-3-2-4-7-17/h2-4,6-11H,5,12-15,25H2,1H3,(H,26,30,31). The van der Waals surface area contributed by atoms with E-state index in [9.17, 15) is 14.4 Å². The van der Waals surface area contributed by atoms with E-state index in [1.165, 1.54) is 9.47 Å². The molecule has 0 bridgehead atoms. The Bertz CT molecular complexity index is 1170. The molecule has 0 radical (unpaired) electrons. The first-order valence-corrected chi connectivity index (χ1v) is 10.5. The number of hydrogen-bond acceptors (Lipinski definition) is 5. The molecule has 9 heteroatoms. The average Bonchev–Trinajstić information content (AvgIpc) is 2.77. The quantitative estimate of drug-likeness (QED) is 0.480. The third kappa shape index (κ3) is 5.66. The van der Waals surface area contributed by atoms with Crippen LogP contribution in [0, 0.1) is 0 Å². The monoisotopic (exact) mass is 456 g/mol. The number of halogens is 1. The van der Waals surface area contributed by atoms with Gasteiger partial charge in [-0.15, -0.1) is 0 Å². The van der Waals surface area contributed by atoms with Crippen molar-refractivity contribution in [3.05, 3.63) is 91.6 Å². The summed E-state index contributed by atoms with van der Waals surface area (Å²) in [6.45, 7) is 0.760. The van der Waals surface area contributed by atoms with Crippen LogP contribution in [0.4, 0.5) is 11.5 Å². The number of nitrogens with zero attached hydrogens (tertiary/aromatic N) is 2.